The summed E-state index contributed by atoms with van der Waals surface area (Å²) >= 11 is 1.55. The molecule has 0 bridgehead atoms. The molecule has 3 N–H and O–H groups in total. The Morgan fingerprint density at radius 2 is 2.47 bits per heavy atom. The zero-order valence-electron chi connectivity index (χ0n) is 8.47. The van der Waals surface area contributed by atoms with E-state index in [-0.39, 0.29) is 6.04 Å². The normalized spacial score (nSPS) is 12.9. The van der Waals surface area contributed by atoms with Crippen LogP contribution in [0.15, 0.2) is 11.6 Å². The number of aromatic amines is 1. The Kier molecular flexibility index (Phi) is 3.08. The molecule has 1 atom stereocenters. The van der Waals surface area contributed by atoms with E-state index in [4.69, 9.17) is 5.73 Å². The summed E-state index contributed by atoms with van der Waals surface area (Å²) in [6, 6.07) is 0.0342. The Bertz CT molecular complexity index is 408. The van der Waals surface area contributed by atoms with Gasteiger partial charge in [-0.1, -0.05) is 13.3 Å². The molecule has 1 unspecified atom stereocenters. The lowest BCUT2D eigenvalue weighted by atomic mass is 10.1. The Hall–Kier alpha value is -1.27. The van der Waals surface area contributed by atoms with Crippen molar-refractivity contribution in [3.05, 3.63) is 17.3 Å². The zero-order valence-corrected chi connectivity index (χ0v) is 9.29. The number of hydrogen-bond donors (Lipinski definition) is 2. The minimum Gasteiger partial charge on any atom is -0.323 e. The molecule has 0 saturated heterocycles. The molecule has 2 aromatic rings. The van der Waals surface area contributed by atoms with Crippen molar-refractivity contribution in [2.45, 2.75) is 25.8 Å². The van der Waals surface area contributed by atoms with Gasteiger partial charge in [0.15, 0.2) is 0 Å². The monoisotopic (exact) mass is 223 g/mol. The molecule has 0 fully saturated rings. The SMILES string of the molecule is CCCC(N)c1csc(-c2cn[nH]n2)n1. The van der Waals surface area contributed by atoms with Gasteiger partial charge in [0.2, 0.25) is 0 Å². The average molecular weight is 223 g/mol. The van der Waals surface area contributed by atoms with Gasteiger partial charge in [-0.15, -0.1) is 11.3 Å². The molecule has 2 aromatic heterocycles. The van der Waals surface area contributed by atoms with Gasteiger partial charge in [-0.3, -0.25) is 0 Å². The first-order valence-electron chi connectivity index (χ1n) is 4.88. The van der Waals surface area contributed by atoms with Gasteiger partial charge in [-0.05, 0) is 6.42 Å². The van der Waals surface area contributed by atoms with Crippen LogP contribution in [-0.2, 0) is 0 Å². The highest BCUT2D eigenvalue weighted by molar-refractivity contribution is 7.13. The Balaban J connectivity index is 2.17. The van der Waals surface area contributed by atoms with Crippen molar-refractivity contribution >= 4 is 11.3 Å². The summed E-state index contributed by atoms with van der Waals surface area (Å²) in [4.78, 5) is 4.44. The van der Waals surface area contributed by atoms with Crippen LogP contribution in [0.4, 0.5) is 0 Å². The lowest BCUT2D eigenvalue weighted by Crippen LogP contribution is -2.09. The molecule has 5 nitrogen and oxygen atoms in total. The van der Waals surface area contributed by atoms with E-state index < -0.39 is 0 Å². The van der Waals surface area contributed by atoms with Crippen LogP contribution in [0.3, 0.4) is 0 Å². The molecular weight excluding hydrogens is 210 g/mol. The molecule has 0 aliphatic heterocycles. The Morgan fingerprint density at radius 1 is 1.60 bits per heavy atom. The van der Waals surface area contributed by atoms with Crippen LogP contribution in [0.5, 0.6) is 0 Å². The quantitative estimate of drug-likeness (QED) is 0.827. The summed E-state index contributed by atoms with van der Waals surface area (Å²) in [6.45, 7) is 2.12. The third kappa shape index (κ3) is 2.21. The minimum absolute atomic E-state index is 0.0342. The fourth-order valence-corrected chi connectivity index (χ4v) is 2.17. The average Bonchev–Trinajstić information content (AvgIpc) is 2.89. The van der Waals surface area contributed by atoms with E-state index in [0.29, 0.717) is 0 Å². The van der Waals surface area contributed by atoms with Gasteiger partial charge >= 0.3 is 0 Å². The van der Waals surface area contributed by atoms with Gasteiger partial charge in [0.05, 0.1) is 11.9 Å². The molecule has 0 saturated carbocycles. The molecule has 0 amide bonds. The summed E-state index contributed by atoms with van der Waals surface area (Å²) in [5, 5.41) is 13.1. The molecule has 0 spiro atoms. The standard InChI is InChI=1S/C9H13N5S/c1-2-3-6(10)8-5-15-9(12-8)7-4-11-14-13-7/h4-6H,2-3,10H2,1H3,(H,11,13,14). The van der Waals surface area contributed by atoms with Crippen molar-refractivity contribution in [3.63, 3.8) is 0 Å². The second kappa shape index (κ2) is 4.50. The highest BCUT2D eigenvalue weighted by Crippen LogP contribution is 2.24. The maximum absolute atomic E-state index is 5.97. The van der Waals surface area contributed by atoms with Gasteiger partial charge in [0, 0.05) is 11.4 Å². The van der Waals surface area contributed by atoms with Crippen LogP contribution in [0.2, 0.25) is 0 Å². The third-order valence-corrected chi connectivity index (χ3v) is 3.02. The highest BCUT2D eigenvalue weighted by Gasteiger charge is 2.11. The first-order valence-corrected chi connectivity index (χ1v) is 5.76. The van der Waals surface area contributed by atoms with Gasteiger partial charge in [-0.2, -0.15) is 15.4 Å². The molecule has 2 rings (SSSR count). The van der Waals surface area contributed by atoms with Crippen molar-refractivity contribution in [1.82, 2.24) is 20.4 Å². The molecule has 0 aliphatic rings. The number of nitrogens with one attached hydrogen (secondary N) is 1. The maximum Gasteiger partial charge on any atom is 0.145 e. The third-order valence-electron chi connectivity index (χ3n) is 2.14. The van der Waals surface area contributed by atoms with Gasteiger partial charge in [0.25, 0.3) is 0 Å². The number of rotatable bonds is 4. The Labute approximate surface area is 91.7 Å². The maximum atomic E-state index is 5.97. The fraction of sp³-hybridized carbons (Fsp3) is 0.444. The molecular formula is C9H13N5S. The number of H-pyrrole nitrogens is 1. The van der Waals surface area contributed by atoms with E-state index in [0.717, 1.165) is 29.2 Å². The molecule has 0 aromatic carbocycles. The largest absolute Gasteiger partial charge is 0.323 e. The first-order chi connectivity index (χ1) is 7.31. The highest BCUT2D eigenvalue weighted by atomic mass is 32.1. The van der Waals surface area contributed by atoms with E-state index >= 15 is 0 Å². The predicted octanol–water partition coefficient (Wildman–Crippen LogP) is 1.73. The fourth-order valence-electron chi connectivity index (χ4n) is 1.34. The van der Waals surface area contributed by atoms with Crippen molar-refractivity contribution in [1.29, 1.82) is 0 Å². The zero-order chi connectivity index (χ0) is 10.7. The minimum atomic E-state index is 0.0342. The molecule has 6 heteroatoms. The second-order valence-corrected chi connectivity index (χ2v) is 4.19. The predicted molar refractivity (Wildman–Crippen MR) is 59.3 cm³/mol. The summed E-state index contributed by atoms with van der Waals surface area (Å²) in [5.41, 5.74) is 7.69. The van der Waals surface area contributed by atoms with Crippen LogP contribution >= 0.6 is 11.3 Å². The molecule has 0 radical (unpaired) electrons. The lowest BCUT2D eigenvalue weighted by molar-refractivity contribution is 0.625. The second-order valence-electron chi connectivity index (χ2n) is 3.33. The molecule has 80 valence electrons. The van der Waals surface area contributed by atoms with E-state index in [1.54, 1.807) is 17.5 Å². The van der Waals surface area contributed by atoms with Crippen LogP contribution in [-0.4, -0.2) is 20.4 Å². The smallest absolute Gasteiger partial charge is 0.145 e. The van der Waals surface area contributed by atoms with Gasteiger partial charge in [-0.25, -0.2) is 4.98 Å². The van der Waals surface area contributed by atoms with Crippen LogP contribution in [0, 0.1) is 0 Å². The van der Waals surface area contributed by atoms with Crippen LogP contribution in [0.1, 0.15) is 31.5 Å². The van der Waals surface area contributed by atoms with Crippen LogP contribution in [0.25, 0.3) is 10.7 Å². The van der Waals surface area contributed by atoms with Crippen molar-refractivity contribution in [2.75, 3.05) is 0 Å². The molecule has 15 heavy (non-hydrogen) atoms. The van der Waals surface area contributed by atoms with Crippen LogP contribution < -0.4 is 5.73 Å². The van der Waals surface area contributed by atoms with E-state index in [2.05, 4.69) is 27.3 Å². The lowest BCUT2D eigenvalue weighted by Gasteiger charge is -2.05. The van der Waals surface area contributed by atoms with E-state index in [9.17, 15) is 0 Å². The number of aromatic nitrogens is 4. The van der Waals surface area contributed by atoms with Gasteiger partial charge < -0.3 is 5.73 Å². The van der Waals surface area contributed by atoms with Crippen molar-refractivity contribution < 1.29 is 0 Å². The summed E-state index contributed by atoms with van der Waals surface area (Å²) in [6.07, 6.45) is 3.69. The summed E-state index contributed by atoms with van der Waals surface area (Å²) < 4.78 is 0. The first kappa shape index (κ1) is 10.3. The summed E-state index contributed by atoms with van der Waals surface area (Å²) in [5.74, 6) is 0. The molecule has 0 aliphatic carbocycles. The molecule has 2 heterocycles. The van der Waals surface area contributed by atoms with Crippen molar-refractivity contribution in [3.8, 4) is 10.7 Å². The Morgan fingerprint density at radius 3 is 3.13 bits per heavy atom. The number of hydrogen-bond acceptors (Lipinski definition) is 5. The van der Waals surface area contributed by atoms with Crippen molar-refractivity contribution in [2.24, 2.45) is 5.73 Å². The van der Waals surface area contributed by atoms with E-state index in [1.165, 1.54) is 0 Å². The van der Waals surface area contributed by atoms with Gasteiger partial charge in [0.1, 0.15) is 10.7 Å². The number of thiazole rings is 1. The van der Waals surface area contributed by atoms with E-state index in [1.807, 2.05) is 5.38 Å². The number of nitrogens with two attached hydrogens (primary N) is 1. The summed E-state index contributed by atoms with van der Waals surface area (Å²) in [7, 11) is 0. The number of nitrogens with zero attached hydrogens (tertiary/aromatic N) is 3. The topological polar surface area (TPSA) is 80.5 Å².